The lowest BCUT2D eigenvalue weighted by Gasteiger charge is -2.26. The van der Waals surface area contributed by atoms with Crippen LogP contribution in [0.25, 0.3) is 0 Å². The first-order valence-electron chi connectivity index (χ1n) is 8.30. The summed E-state index contributed by atoms with van der Waals surface area (Å²) < 4.78 is 1.18. The zero-order valence-electron chi connectivity index (χ0n) is 13.7. The first-order chi connectivity index (χ1) is 10.1. The van der Waals surface area contributed by atoms with Crippen molar-refractivity contribution in [2.45, 2.75) is 46.6 Å². The Bertz CT molecular complexity index is 445. The van der Waals surface area contributed by atoms with Gasteiger partial charge in [0.25, 0.3) is 0 Å². The van der Waals surface area contributed by atoms with Crippen LogP contribution in [0, 0.1) is 11.8 Å². The van der Waals surface area contributed by atoms with Crippen molar-refractivity contribution in [3.63, 3.8) is 0 Å². The molecule has 1 aromatic rings. The SMILES string of the molecule is CC(C)CNCc1ccc(Br)cc1N1CCCC(C)CC1. The van der Waals surface area contributed by atoms with Crippen LogP contribution < -0.4 is 10.2 Å². The summed E-state index contributed by atoms with van der Waals surface area (Å²) in [5.74, 6) is 1.56. The summed E-state index contributed by atoms with van der Waals surface area (Å²) in [5, 5.41) is 3.58. The van der Waals surface area contributed by atoms with Gasteiger partial charge in [-0.15, -0.1) is 0 Å². The molecule has 1 aliphatic rings. The maximum atomic E-state index is 3.64. The van der Waals surface area contributed by atoms with Gasteiger partial charge >= 0.3 is 0 Å². The lowest BCUT2D eigenvalue weighted by molar-refractivity contribution is 0.521. The van der Waals surface area contributed by atoms with Crippen LogP contribution in [0.2, 0.25) is 0 Å². The molecule has 1 heterocycles. The molecule has 3 heteroatoms. The fourth-order valence-electron chi connectivity index (χ4n) is 2.98. The maximum absolute atomic E-state index is 3.64. The first kappa shape index (κ1) is 16.8. The number of anilines is 1. The Balaban J connectivity index is 2.10. The number of rotatable bonds is 5. The monoisotopic (exact) mass is 352 g/mol. The fraction of sp³-hybridized carbons (Fsp3) is 0.667. The van der Waals surface area contributed by atoms with Gasteiger partial charge in [-0.1, -0.05) is 42.8 Å². The molecule has 21 heavy (non-hydrogen) atoms. The Hall–Kier alpha value is -0.540. The third kappa shape index (κ3) is 5.30. The maximum Gasteiger partial charge on any atom is 0.0423 e. The van der Waals surface area contributed by atoms with E-state index in [1.54, 1.807) is 0 Å². The highest BCUT2D eigenvalue weighted by molar-refractivity contribution is 9.10. The normalized spacial score (nSPS) is 19.9. The van der Waals surface area contributed by atoms with E-state index in [2.05, 4.69) is 65.1 Å². The Labute approximate surface area is 138 Å². The van der Waals surface area contributed by atoms with E-state index >= 15 is 0 Å². The van der Waals surface area contributed by atoms with Gasteiger partial charge in [-0.3, -0.25) is 0 Å². The third-order valence-electron chi connectivity index (χ3n) is 4.27. The van der Waals surface area contributed by atoms with E-state index in [1.165, 1.54) is 48.1 Å². The summed E-state index contributed by atoms with van der Waals surface area (Å²) >= 11 is 3.64. The molecule has 0 aromatic heterocycles. The van der Waals surface area contributed by atoms with E-state index in [0.29, 0.717) is 5.92 Å². The Morgan fingerprint density at radius 1 is 1.29 bits per heavy atom. The number of halogens is 1. The predicted octanol–water partition coefficient (Wildman–Crippen LogP) is 4.82. The van der Waals surface area contributed by atoms with Crippen molar-refractivity contribution < 1.29 is 0 Å². The summed E-state index contributed by atoms with van der Waals surface area (Å²) in [6.45, 7) is 11.3. The molecule has 0 radical (unpaired) electrons. The highest BCUT2D eigenvalue weighted by Crippen LogP contribution is 2.28. The summed E-state index contributed by atoms with van der Waals surface area (Å²) in [5.41, 5.74) is 2.84. The number of hydrogen-bond acceptors (Lipinski definition) is 2. The van der Waals surface area contributed by atoms with E-state index in [1.807, 2.05) is 0 Å². The van der Waals surface area contributed by atoms with Gasteiger partial charge < -0.3 is 10.2 Å². The standard InChI is InChI=1S/C18H29BrN2/c1-14(2)12-20-13-16-6-7-17(19)11-18(16)21-9-4-5-15(3)8-10-21/h6-7,11,14-15,20H,4-5,8-10,12-13H2,1-3H3. The topological polar surface area (TPSA) is 15.3 Å². The molecule has 0 bridgehead atoms. The van der Waals surface area contributed by atoms with Crippen LogP contribution in [0.1, 0.15) is 45.6 Å². The lowest BCUT2D eigenvalue weighted by Crippen LogP contribution is -2.27. The summed E-state index contributed by atoms with van der Waals surface area (Å²) in [7, 11) is 0. The van der Waals surface area contributed by atoms with E-state index in [4.69, 9.17) is 0 Å². The van der Waals surface area contributed by atoms with Gasteiger partial charge in [-0.05, 0) is 55.3 Å². The van der Waals surface area contributed by atoms with Gasteiger partial charge in [0.1, 0.15) is 0 Å². The van der Waals surface area contributed by atoms with Gasteiger partial charge in [0.15, 0.2) is 0 Å². The van der Waals surface area contributed by atoms with E-state index < -0.39 is 0 Å². The highest BCUT2D eigenvalue weighted by atomic mass is 79.9. The zero-order chi connectivity index (χ0) is 15.2. The van der Waals surface area contributed by atoms with Gasteiger partial charge in [0.05, 0.1) is 0 Å². The summed E-state index contributed by atoms with van der Waals surface area (Å²) in [6.07, 6.45) is 3.99. The number of nitrogens with zero attached hydrogens (tertiary/aromatic N) is 1. The Morgan fingerprint density at radius 2 is 2.10 bits per heavy atom. The third-order valence-corrected chi connectivity index (χ3v) is 4.77. The Morgan fingerprint density at radius 3 is 2.86 bits per heavy atom. The average molecular weight is 353 g/mol. The first-order valence-corrected chi connectivity index (χ1v) is 9.09. The molecule has 118 valence electrons. The minimum absolute atomic E-state index is 0.697. The molecule has 1 atom stereocenters. The second-order valence-corrected chi connectivity index (χ2v) is 7.74. The van der Waals surface area contributed by atoms with Crippen LogP contribution in [0.5, 0.6) is 0 Å². The van der Waals surface area contributed by atoms with Crippen LogP contribution in [-0.2, 0) is 6.54 Å². The highest BCUT2D eigenvalue weighted by Gasteiger charge is 2.17. The minimum atomic E-state index is 0.697. The smallest absolute Gasteiger partial charge is 0.0423 e. The minimum Gasteiger partial charge on any atom is -0.371 e. The zero-order valence-corrected chi connectivity index (χ0v) is 15.2. The Kier molecular flexibility index (Phi) is 6.56. The molecule has 1 fully saturated rings. The van der Waals surface area contributed by atoms with Gasteiger partial charge in [-0.25, -0.2) is 0 Å². The van der Waals surface area contributed by atoms with Crippen molar-refractivity contribution in [2.24, 2.45) is 11.8 Å². The second kappa shape index (κ2) is 8.19. The molecule has 0 spiro atoms. The van der Waals surface area contributed by atoms with Gasteiger partial charge in [0, 0.05) is 29.8 Å². The van der Waals surface area contributed by atoms with Crippen molar-refractivity contribution in [2.75, 3.05) is 24.5 Å². The fourth-order valence-corrected chi connectivity index (χ4v) is 3.33. The largest absolute Gasteiger partial charge is 0.371 e. The molecular formula is C18H29BrN2. The van der Waals surface area contributed by atoms with E-state index in [9.17, 15) is 0 Å². The molecule has 1 aromatic carbocycles. The van der Waals surface area contributed by atoms with Crippen LogP contribution in [-0.4, -0.2) is 19.6 Å². The van der Waals surface area contributed by atoms with E-state index in [-0.39, 0.29) is 0 Å². The van der Waals surface area contributed by atoms with Crippen LogP contribution in [0.15, 0.2) is 22.7 Å². The van der Waals surface area contributed by atoms with Crippen LogP contribution >= 0.6 is 15.9 Å². The molecule has 2 rings (SSSR count). The average Bonchev–Trinajstić information content (AvgIpc) is 2.65. The molecule has 0 aliphatic carbocycles. The molecular weight excluding hydrogens is 324 g/mol. The second-order valence-electron chi connectivity index (χ2n) is 6.82. The van der Waals surface area contributed by atoms with Gasteiger partial charge in [0.2, 0.25) is 0 Å². The van der Waals surface area contributed by atoms with Crippen molar-refractivity contribution in [3.05, 3.63) is 28.2 Å². The number of hydrogen-bond donors (Lipinski definition) is 1. The van der Waals surface area contributed by atoms with E-state index in [0.717, 1.165) is 19.0 Å². The molecule has 0 amide bonds. The van der Waals surface area contributed by atoms with Crippen molar-refractivity contribution in [1.82, 2.24) is 5.32 Å². The van der Waals surface area contributed by atoms with Gasteiger partial charge in [-0.2, -0.15) is 0 Å². The quantitative estimate of drug-likeness (QED) is 0.816. The molecule has 1 aliphatic heterocycles. The summed E-state index contributed by atoms with van der Waals surface area (Å²) in [6, 6.07) is 6.72. The van der Waals surface area contributed by atoms with Crippen molar-refractivity contribution in [1.29, 1.82) is 0 Å². The van der Waals surface area contributed by atoms with Crippen molar-refractivity contribution >= 4 is 21.6 Å². The van der Waals surface area contributed by atoms with Crippen LogP contribution in [0.3, 0.4) is 0 Å². The van der Waals surface area contributed by atoms with Crippen molar-refractivity contribution in [3.8, 4) is 0 Å². The number of nitrogens with one attached hydrogen (secondary N) is 1. The molecule has 2 nitrogen and oxygen atoms in total. The predicted molar refractivity (Wildman–Crippen MR) is 95.9 cm³/mol. The van der Waals surface area contributed by atoms with Crippen LogP contribution in [0.4, 0.5) is 5.69 Å². The number of benzene rings is 1. The molecule has 1 saturated heterocycles. The lowest BCUT2D eigenvalue weighted by atomic mass is 10.0. The molecule has 0 saturated carbocycles. The molecule has 1 unspecified atom stereocenters. The molecule has 1 N–H and O–H groups in total. The summed E-state index contributed by atoms with van der Waals surface area (Å²) in [4.78, 5) is 2.58.